The van der Waals surface area contributed by atoms with Crippen molar-refractivity contribution < 1.29 is 9.84 Å². The summed E-state index contributed by atoms with van der Waals surface area (Å²) in [6.45, 7) is 1.000. The van der Waals surface area contributed by atoms with Crippen LogP contribution in [0.25, 0.3) is 0 Å². The van der Waals surface area contributed by atoms with Crippen LogP contribution in [0.2, 0.25) is 0 Å². The van der Waals surface area contributed by atoms with Gasteiger partial charge in [-0.1, -0.05) is 12.3 Å². The van der Waals surface area contributed by atoms with Crippen molar-refractivity contribution in [3.05, 3.63) is 0 Å². The summed E-state index contributed by atoms with van der Waals surface area (Å²) in [6, 6.07) is 0. The average Bonchev–Trinajstić information content (AvgIpc) is 2.15. The second kappa shape index (κ2) is 7.84. The Kier molecular flexibility index (Phi) is 6.47. The first-order valence-corrected chi connectivity index (χ1v) is 5.64. The predicted octanol–water partition coefficient (Wildman–Crippen LogP) is 2.11. The summed E-state index contributed by atoms with van der Waals surface area (Å²) in [4.78, 5) is 0. The summed E-state index contributed by atoms with van der Waals surface area (Å²) >= 11 is 0. The molecular formula is C12H20O2. The first-order chi connectivity index (χ1) is 6.93. The van der Waals surface area contributed by atoms with Crippen molar-refractivity contribution in [1.82, 2.24) is 0 Å². The Morgan fingerprint density at radius 3 is 3.00 bits per heavy atom. The third-order valence-electron chi connectivity index (χ3n) is 2.40. The molecule has 0 bridgehead atoms. The molecule has 80 valence electrons. The van der Waals surface area contributed by atoms with Gasteiger partial charge in [-0.05, 0) is 32.1 Å². The number of rotatable bonds is 5. The maximum absolute atomic E-state index is 8.60. The summed E-state index contributed by atoms with van der Waals surface area (Å²) < 4.78 is 5.64. The minimum atomic E-state index is 0.147. The Bertz CT molecular complexity index is 190. The van der Waals surface area contributed by atoms with E-state index in [1.54, 1.807) is 0 Å². The molecule has 0 aromatic heterocycles. The largest absolute Gasteiger partial charge is 0.396 e. The molecule has 0 radical (unpaired) electrons. The molecule has 0 aliphatic heterocycles. The van der Waals surface area contributed by atoms with Crippen molar-refractivity contribution in [2.75, 3.05) is 13.2 Å². The van der Waals surface area contributed by atoms with Crippen LogP contribution in [-0.2, 0) is 4.74 Å². The van der Waals surface area contributed by atoms with E-state index in [4.69, 9.17) is 9.84 Å². The van der Waals surface area contributed by atoms with Crippen molar-refractivity contribution in [3.8, 4) is 11.8 Å². The zero-order valence-electron chi connectivity index (χ0n) is 8.80. The van der Waals surface area contributed by atoms with E-state index in [9.17, 15) is 0 Å². The van der Waals surface area contributed by atoms with Crippen LogP contribution in [0, 0.1) is 11.8 Å². The Balaban J connectivity index is 2.13. The zero-order valence-corrected chi connectivity index (χ0v) is 8.80. The van der Waals surface area contributed by atoms with Gasteiger partial charge in [0.05, 0.1) is 0 Å². The Morgan fingerprint density at radius 2 is 2.14 bits per heavy atom. The molecule has 1 N–H and O–H groups in total. The zero-order chi connectivity index (χ0) is 10.1. The summed E-state index contributed by atoms with van der Waals surface area (Å²) in [7, 11) is 0. The minimum absolute atomic E-state index is 0.147. The lowest BCUT2D eigenvalue weighted by Crippen LogP contribution is -2.12. The van der Waals surface area contributed by atoms with E-state index in [2.05, 4.69) is 11.8 Å². The Hall–Kier alpha value is -0.520. The molecule has 0 spiro atoms. The standard InChI is InChI=1S/C12H20O2/c13-10-6-7-11-14-12-8-4-2-1-3-5-9-12/h12-13H,1-4,6-8,10-11H2. The first-order valence-electron chi connectivity index (χ1n) is 5.64. The van der Waals surface area contributed by atoms with E-state index in [1.807, 2.05) is 0 Å². The first kappa shape index (κ1) is 11.6. The highest BCUT2D eigenvalue weighted by Gasteiger charge is 2.06. The lowest BCUT2D eigenvalue weighted by molar-refractivity contribution is 0.0775. The van der Waals surface area contributed by atoms with Crippen LogP contribution >= 0.6 is 0 Å². The van der Waals surface area contributed by atoms with Crippen LogP contribution in [0.4, 0.5) is 0 Å². The molecule has 0 saturated heterocycles. The number of aliphatic hydroxyl groups excluding tert-OH is 1. The van der Waals surface area contributed by atoms with Crippen LogP contribution < -0.4 is 0 Å². The maximum Gasteiger partial charge on any atom is 0.118 e. The molecule has 0 heterocycles. The summed E-state index contributed by atoms with van der Waals surface area (Å²) in [5, 5.41) is 8.60. The average molecular weight is 196 g/mol. The van der Waals surface area contributed by atoms with Crippen molar-refractivity contribution in [1.29, 1.82) is 0 Å². The number of hydrogen-bond acceptors (Lipinski definition) is 2. The molecule has 2 nitrogen and oxygen atoms in total. The Morgan fingerprint density at radius 1 is 1.21 bits per heavy atom. The summed E-state index contributed by atoms with van der Waals surface area (Å²) in [6.07, 6.45) is 7.78. The monoisotopic (exact) mass is 196 g/mol. The van der Waals surface area contributed by atoms with Gasteiger partial charge in [-0.15, -0.1) is 5.92 Å². The predicted molar refractivity (Wildman–Crippen MR) is 56.9 cm³/mol. The van der Waals surface area contributed by atoms with Crippen molar-refractivity contribution in [3.63, 3.8) is 0 Å². The highest BCUT2D eigenvalue weighted by molar-refractivity contribution is 5.05. The van der Waals surface area contributed by atoms with E-state index in [0.717, 1.165) is 32.3 Å². The maximum atomic E-state index is 8.60. The van der Waals surface area contributed by atoms with Crippen LogP contribution in [0.1, 0.15) is 44.9 Å². The minimum Gasteiger partial charge on any atom is -0.396 e. The molecule has 1 aliphatic carbocycles. The molecule has 2 heteroatoms. The van der Waals surface area contributed by atoms with Gasteiger partial charge in [0.1, 0.15) is 6.10 Å². The normalized spacial score (nSPS) is 21.9. The molecule has 0 saturated carbocycles. The number of aliphatic hydroxyl groups is 1. The van der Waals surface area contributed by atoms with Crippen LogP contribution in [0.3, 0.4) is 0 Å². The molecule has 1 unspecified atom stereocenters. The lowest BCUT2D eigenvalue weighted by Gasteiger charge is -2.13. The van der Waals surface area contributed by atoms with Gasteiger partial charge in [0.25, 0.3) is 0 Å². The van der Waals surface area contributed by atoms with E-state index in [0.29, 0.717) is 0 Å². The molecule has 1 atom stereocenters. The fourth-order valence-electron chi connectivity index (χ4n) is 1.54. The van der Waals surface area contributed by atoms with Crippen molar-refractivity contribution >= 4 is 0 Å². The van der Waals surface area contributed by atoms with E-state index >= 15 is 0 Å². The van der Waals surface area contributed by atoms with Gasteiger partial charge in [-0.25, -0.2) is 0 Å². The smallest absolute Gasteiger partial charge is 0.118 e. The lowest BCUT2D eigenvalue weighted by atomic mass is 10.1. The van der Waals surface area contributed by atoms with Gasteiger partial charge >= 0.3 is 0 Å². The summed E-state index contributed by atoms with van der Waals surface area (Å²) in [5.41, 5.74) is 0. The van der Waals surface area contributed by atoms with E-state index in [1.165, 1.54) is 19.3 Å². The Labute approximate surface area is 86.7 Å². The van der Waals surface area contributed by atoms with Gasteiger partial charge < -0.3 is 9.84 Å². The fourth-order valence-corrected chi connectivity index (χ4v) is 1.54. The SMILES string of the molecule is OCCCCOC1C#CCCCCC1. The highest BCUT2D eigenvalue weighted by Crippen LogP contribution is 2.11. The van der Waals surface area contributed by atoms with Gasteiger partial charge in [0.2, 0.25) is 0 Å². The molecule has 0 amide bonds. The number of hydrogen-bond donors (Lipinski definition) is 1. The van der Waals surface area contributed by atoms with E-state index in [-0.39, 0.29) is 12.7 Å². The van der Waals surface area contributed by atoms with E-state index < -0.39 is 0 Å². The third kappa shape index (κ3) is 5.26. The molecule has 0 aromatic carbocycles. The second-order valence-electron chi connectivity index (χ2n) is 3.71. The highest BCUT2D eigenvalue weighted by atomic mass is 16.5. The fraction of sp³-hybridized carbons (Fsp3) is 0.833. The molecule has 0 fully saturated rings. The van der Waals surface area contributed by atoms with Gasteiger partial charge in [0.15, 0.2) is 0 Å². The molecule has 14 heavy (non-hydrogen) atoms. The van der Waals surface area contributed by atoms with Crippen molar-refractivity contribution in [2.45, 2.75) is 51.0 Å². The van der Waals surface area contributed by atoms with Gasteiger partial charge in [0, 0.05) is 19.6 Å². The molecular weight excluding hydrogens is 176 g/mol. The van der Waals surface area contributed by atoms with Crippen LogP contribution in [0.5, 0.6) is 0 Å². The van der Waals surface area contributed by atoms with Gasteiger partial charge in [-0.2, -0.15) is 0 Å². The number of unbranched alkanes of at least 4 members (excludes halogenated alkanes) is 1. The molecule has 1 aliphatic rings. The topological polar surface area (TPSA) is 29.5 Å². The molecule has 0 aromatic rings. The van der Waals surface area contributed by atoms with Crippen LogP contribution in [0.15, 0.2) is 0 Å². The summed E-state index contributed by atoms with van der Waals surface area (Å²) in [5.74, 6) is 6.32. The second-order valence-corrected chi connectivity index (χ2v) is 3.71. The quantitative estimate of drug-likeness (QED) is 0.539. The van der Waals surface area contributed by atoms with Crippen LogP contribution in [-0.4, -0.2) is 24.4 Å². The van der Waals surface area contributed by atoms with Crippen molar-refractivity contribution in [2.24, 2.45) is 0 Å². The molecule has 1 rings (SSSR count). The number of ether oxygens (including phenoxy) is 1. The third-order valence-corrected chi connectivity index (χ3v) is 2.40. The van der Waals surface area contributed by atoms with Gasteiger partial charge in [-0.3, -0.25) is 0 Å².